The molecule has 6 heterocycles. The molecule has 0 atom stereocenters. The zero-order chi connectivity index (χ0) is 65.1. The largest absolute Gasteiger partial charge is 0.534 e. The average Bonchev–Trinajstić information content (AvgIpc) is 2.91. The first-order chi connectivity index (χ1) is 41.4. The second-order valence-electron chi connectivity index (χ2n) is 19.7. The van der Waals surface area contributed by atoms with Crippen LogP contribution < -0.4 is 47.5 Å². The maximum atomic E-state index is 12.1. The number of Topliss-reactive ketones (excluding diaryl/α,β-unsaturated/α-hetero) is 1. The van der Waals surface area contributed by atoms with Gasteiger partial charge in [-0.25, -0.2) is 0 Å². The van der Waals surface area contributed by atoms with Crippen LogP contribution in [0.2, 0.25) is 30.1 Å². The van der Waals surface area contributed by atoms with Crippen molar-refractivity contribution in [2.24, 2.45) is 0 Å². The minimum Gasteiger partial charge on any atom is -0.506 e. The molecule has 0 saturated carbocycles. The Kier molecular flexibility index (Phi) is 26.8. The van der Waals surface area contributed by atoms with Gasteiger partial charge < -0.3 is 61.6 Å². The number of carbonyl (C=O) groups is 2. The number of ether oxygens (including phenoxy) is 8. The third kappa shape index (κ3) is 18.2. The topological polar surface area (TPSA) is 210 Å². The molecule has 30 heteroatoms. The van der Waals surface area contributed by atoms with Crippen LogP contribution in [0.3, 0.4) is 0 Å². The van der Waals surface area contributed by atoms with Crippen molar-refractivity contribution in [2.45, 2.75) is 77.5 Å². The average molecular weight is 1420 g/mol. The SMILES string of the molecule is C.CC1(C)OB(c2ccc3c(c2Cl)OCC3)OC1(C)C.COc1ccc2c(c1Cl)OCC2.COc1ccc2c(c1Cl)OCC2=O.COc1cccc(O)c1Cl.O=C(Cl)CCl.O=S(=O)(Oc1ccc2c(c1Cl)OCC2)C(F)(F)F.Oc1ccc2c(c1Cl)OCC2. The van der Waals surface area contributed by atoms with Gasteiger partial charge in [-0.1, -0.05) is 113 Å². The van der Waals surface area contributed by atoms with Crippen LogP contribution in [0.1, 0.15) is 67.7 Å². The van der Waals surface area contributed by atoms with E-state index < -0.39 is 33.7 Å². The van der Waals surface area contributed by atoms with Crippen molar-refractivity contribution in [1.29, 1.82) is 0 Å². The van der Waals surface area contributed by atoms with Gasteiger partial charge in [-0.15, -0.1) is 11.6 Å². The molecule has 89 heavy (non-hydrogen) atoms. The number of halogens is 11. The zero-order valence-corrected chi connectivity index (χ0v) is 54.6. The van der Waals surface area contributed by atoms with E-state index in [0.717, 1.165) is 60.0 Å². The summed E-state index contributed by atoms with van der Waals surface area (Å²) in [5, 5.41) is 19.6. The maximum Gasteiger partial charge on any atom is 0.534 e. The Bertz CT molecular complexity index is 3600. The third-order valence-corrected chi connectivity index (χ3v) is 17.2. The van der Waals surface area contributed by atoms with Crippen molar-refractivity contribution in [3.05, 3.63) is 137 Å². The Morgan fingerprint density at radius 2 is 0.944 bits per heavy atom. The summed E-state index contributed by atoms with van der Waals surface area (Å²) in [4.78, 5) is 20.6. The molecule has 17 nitrogen and oxygen atoms in total. The number of aromatic hydroxyl groups is 2. The van der Waals surface area contributed by atoms with E-state index in [-0.39, 0.29) is 64.2 Å². The fourth-order valence-corrected chi connectivity index (χ4v) is 10.5. The van der Waals surface area contributed by atoms with Gasteiger partial charge in [-0.2, -0.15) is 21.6 Å². The number of methoxy groups -OCH3 is 3. The molecular formula is C59H60BCl8F3O17S. The van der Waals surface area contributed by atoms with Crippen molar-refractivity contribution in [3.8, 4) is 63.2 Å². The van der Waals surface area contributed by atoms with E-state index in [4.69, 9.17) is 145 Å². The molecule has 1 saturated heterocycles. The van der Waals surface area contributed by atoms with Crippen LogP contribution in [-0.4, -0.2) is 114 Å². The number of phenolic OH excluding ortho intramolecular Hbond substituents is 2. The van der Waals surface area contributed by atoms with Crippen LogP contribution in [0.5, 0.6) is 63.2 Å². The first-order valence-electron chi connectivity index (χ1n) is 26.1. The first kappa shape index (κ1) is 74.2. The van der Waals surface area contributed by atoms with Gasteiger partial charge in [-0.3, -0.25) is 9.59 Å². The molecule has 0 bridgehead atoms. The Labute approximate surface area is 553 Å². The lowest BCUT2D eigenvalue weighted by atomic mass is 9.78. The van der Waals surface area contributed by atoms with E-state index in [1.54, 1.807) is 37.4 Å². The van der Waals surface area contributed by atoms with Gasteiger partial charge in [0.2, 0.25) is 11.0 Å². The van der Waals surface area contributed by atoms with Crippen molar-refractivity contribution in [2.75, 3.05) is 60.2 Å². The van der Waals surface area contributed by atoms with Gasteiger partial charge in [0, 0.05) is 31.1 Å². The van der Waals surface area contributed by atoms with E-state index in [0.29, 0.717) is 86.2 Å². The number of benzene rings is 6. The highest BCUT2D eigenvalue weighted by molar-refractivity contribution is 7.88. The summed E-state index contributed by atoms with van der Waals surface area (Å²) in [6.45, 7) is 10.6. The van der Waals surface area contributed by atoms with Gasteiger partial charge in [-0.05, 0) is 104 Å². The summed E-state index contributed by atoms with van der Waals surface area (Å²) in [5.41, 5.74) is -0.750. The Morgan fingerprint density at radius 3 is 1.39 bits per heavy atom. The van der Waals surface area contributed by atoms with Crippen LogP contribution in [0.15, 0.2) is 78.9 Å². The number of fused-ring (bicyclic) bond motifs is 5. The summed E-state index contributed by atoms with van der Waals surface area (Å²) in [7, 11) is -1.55. The summed E-state index contributed by atoms with van der Waals surface area (Å²) in [6, 6.07) is 22.0. The van der Waals surface area contributed by atoms with Crippen molar-refractivity contribution >= 4 is 127 Å². The monoisotopic (exact) mass is 1420 g/mol. The minimum atomic E-state index is -5.73. The number of rotatable bonds is 7. The Balaban J connectivity index is 0.000000194. The number of carbonyl (C=O) groups excluding carboxylic acids is 2. The molecule has 6 aromatic rings. The second kappa shape index (κ2) is 32.2. The summed E-state index contributed by atoms with van der Waals surface area (Å²) in [6.07, 6.45) is 3.30. The van der Waals surface area contributed by atoms with E-state index in [9.17, 15) is 36.3 Å². The molecular weight excluding hydrogens is 1360 g/mol. The fraction of sp³-hybridized carbons (Fsp3) is 0.356. The van der Waals surface area contributed by atoms with E-state index >= 15 is 0 Å². The molecule has 0 radical (unpaired) electrons. The van der Waals surface area contributed by atoms with Gasteiger partial charge in [0.15, 0.2) is 18.1 Å². The molecule has 6 aliphatic rings. The minimum absolute atomic E-state index is 0. The Morgan fingerprint density at radius 1 is 0.562 bits per heavy atom. The molecule has 1 fully saturated rings. The standard InChI is InChI=1S/C14H18BClO3.C9H6ClF3O4S.C9H7ClO3.C9H9ClO2.C8H7ClO2.C7H7ClO2.C2H2Cl2O.CH4/c1-13(2)14(3,4)19-15(18-13)10-6-5-9-7-8-17-12(9)11(10)16;10-7-6(17-18(14,15)9(11,12)13)2-1-5-3-4-16-8(5)7;1-12-7-3-2-5-6(11)4-13-9(5)8(7)10;1-11-7-3-2-6-4-5-12-9(6)8(7)10;9-7-6(10)2-1-5-3-4-11-8(5)7;1-10-6-4-2-3-5(9)7(6)8;3-1-2(4)5;/h5-6H,7-8H2,1-4H3;1-2H,3-4H2;2-3H,4H2,1H3;2-3H,4-5H2,1H3;1-2,10H,3-4H2;2-4,9H,1H3;1H2;1H4. The third-order valence-electron chi connectivity index (χ3n) is 13.5. The maximum absolute atomic E-state index is 12.1. The molecule has 6 aliphatic heterocycles. The number of hydrogen-bond acceptors (Lipinski definition) is 17. The number of alkyl halides is 4. The molecule has 0 amide bonds. The summed E-state index contributed by atoms with van der Waals surface area (Å²) < 4.78 is 115. The highest BCUT2D eigenvalue weighted by Crippen LogP contribution is 2.45. The zero-order valence-electron chi connectivity index (χ0n) is 47.7. The molecule has 6 aromatic carbocycles. The lowest BCUT2D eigenvalue weighted by molar-refractivity contribution is -0.109. The molecule has 2 N–H and O–H groups in total. The van der Waals surface area contributed by atoms with Crippen LogP contribution >= 0.6 is 92.8 Å². The van der Waals surface area contributed by atoms with Gasteiger partial charge in [0.25, 0.3) is 0 Å². The quantitative estimate of drug-likeness (QED) is 0.0500. The second-order valence-corrected chi connectivity index (χ2v) is 24.2. The van der Waals surface area contributed by atoms with E-state index in [1.807, 2.05) is 52.0 Å². The van der Waals surface area contributed by atoms with Gasteiger partial charge in [0.05, 0.1) is 75.4 Å². The highest BCUT2D eigenvalue weighted by atomic mass is 35.5. The predicted octanol–water partition coefficient (Wildman–Crippen LogP) is 14.9. The lowest BCUT2D eigenvalue weighted by Gasteiger charge is -2.32. The highest BCUT2D eigenvalue weighted by Gasteiger charge is 2.53. The van der Waals surface area contributed by atoms with E-state index in [2.05, 4.69) is 10.2 Å². The number of ketones is 1. The first-order valence-corrected chi connectivity index (χ1v) is 30.6. The van der Waals surface area contributed by atoms with Crippen LogP contribution in [0, 0.1) is 0 Å². The van der Waals surface area contributed by atoms with Crippen molar-refractivity contribution < 1.29 is 92.8 Å². The van der Waals surface area contributed by atoms with Crippen LogP contribution in [0.4, 0.5) is 13.2 Å². The van der Waals surface area contributed by atoms with Gasteiger partial charge in [0.1, 0.15) is 76.9 Å². The number of hydrogen-bond donors (Lipinski definition) is 2. The summed E-state index contributed by atoms with van der Waals surface area (Å²) in [5.74, 6) is 3.90. The normalized spacial score (nSPS) is 15.2. The lowest BCUT2D eigenvalue weighted by Crippen LogP contribution is -2.41. The molecule has 0 aliphatic carbocycles. The fourth-order valence-electron chi connectivity index (χ4n) is 8.28. The van der Waals surface area contributed by atoms with Crippen LogP contribution in [0.25, 0.3) is 0 Å². The summed E-state index contributed by atoms with van der Waals surface area (Å²) >= 11 is 45.0. The van der Waals surface area contributed by atoms with Crippen LogP contribution in [-0.2, 0) is 49.9 Å². The molecule has 0 aromatic heterocycles. The molecule has 0 unspecified atom stereocenters. The molecule has 0 spiro atoms. The van der Waals surface area contributed by atoms with E-state index in [1.165, 1.54) is 31.9 Å². The smallest absolute Gasteiger partial charge is 0.506 e. The Hall–Kier alpha value is -5.50. The molecule has 484 valence electrons. The number of phenols is 2. The predicted molar refractivity (Wildman–Crippen MR) is 338 cm³/mol. The molecule has 12 rings (SSSR count). The van der Waals surface area contributed by atoms with Crippen molar-refractivity contribution in [3.63, 3.8) is 0 Å². The van der Waals surface area contributed by atoms with Crippen molar-refractivity contribution in [1.82, 2.24) is 0 Å². The van der Waals surface area contributed by atoms with Gasteiger partial charge >= 0.3 is 22.7 Å².